The molecule has 3 aromatic carbocycles. The molecule has 0 radical (unpaired) electrons. The predicted molar refractivity (Wildman–Crippen MR) is 152 cm³/mol. The lowest BCUT2D eigenvalue weighted by molar-refractivity contribution is -0.130. The minimum atomic E-state index is -0.383. The van der Waals surface area contributed by atoms with Crippen molar-refractivity contribution in [2.75, 3.05) is 32.5 Å². The maximum Gasteiger partial charge on any atom is 0.254 e. The Hall–Kier alpha value is -4.18. The molecule has 40 heavy (non-hydrogen) atoms. The van der Waals surface area contributed by atoms with Crippen LogP contribution in [-0.4, -0.2) is 74.9 Å². The summed E-state index contributed by atoms with van der Waals surface area (Å²) < 4.78 is 20.6. The van der Waals surface area contributed by atoms with E-state index >= 15 is 0 Å². The summed E-state index contributed by atoms with van der Waals surface area (Å²) in [5, 5.41) is 9.51. The van der Waals surface area contributed by atoms with Crippen molar-refractivity contribution in [2.45, 2.75) is 25.0 Å². The first-order chi connectivity index (χ1) is 19.3. The average molecular weight is 560 g/mol. The number of rotatable bonds is 7. The standard InChI is InChI=1S/C30H30FN5O3S/c1-20-7-13-25(14-8-20)36-28(23-5-4-6-26(17-23)39-3)32-33-30(36)40-19-27(37)34-15-16-35(21(2)18-34)29(38)22-9-11-24(31)12-10-22/h4-14,17,21H,15-16,18-19H2,1-3H3. The van der Waals surface area contributed by atoms with Gasteiger partial charge in [-0.15, -0.1) is 10.2 Å². The summed E-state index contributed by atoms with van der Waals surface area (Å²) in [5.41, 5.74) is 3.31. The number of hydrogen-bond donors (Lipinski definition) is 0. The molecule has 206 valence electrons. The zero-order valence-electron chi connectivity index (χ0n) is 22.6. The van der Waals surface area contributed by atoms with E-state index in [0.29, 0.717) is 41.9 Å². The van der Waals surface area contributed by atoms with Gasteiger partial charge >= 0.3 is 0 Å². The van der Waals surface area contributed by atoms with Crippen molar-refractivity contribution in [1.82, 2.24) is 24.6 Å². The molecule has 8 nitrogen and oxygen atoms in total. The van der Waals surface area contributed by atoms with Crippen LogP contribution in [0.25, 0.3) is 17.1 Å². The molecule has 1 aliphatic rings. The minimum Gasteiger partial charge on any atom is -0.497 e. The Morgan fingerprint density at radius 2 is 1.77 bits per heavy atom. The fourth-order valence-electron chi connectivity index (χ4n) is 4.70. The number of methoxy groups -OCH3 is 1. The maximum absolute atomic E-state index is 13.3. The van der Waals surface area contributed by atoms with Crippen molar-refractivity contribution < 1.29 is 18.7 Å². The van der Waals surface area contributed by atoms with Crippen molar-refractivity contribution >= 4 is 23.6 Å². The van der Waals surface area contributed by atoms with E-state index in [1.807, 2.05) is 66.9 Å². The molecule has 4 aromatic rings. The summed E-state index contributed by atoms with van der Waals surface area (Å²) in [6, 6.07) is 21.1. The quantitative estimate of drug-likeness (QED) is 0.301. The van der Waals surface area contributed by atoms with E-state index in [9.17, 15) is 14.0 Å². The molecule has 1 saturated heterocycles. The van der Waals surface area contributed by atoms with Crippen LogP contribution in [0.3, 0.4) is 0 Å². The minimum absolute atomic E-state index is 0.0351. The van der Waals surface area contributed by atoms with Crippen LogP contribution in [0.5, 0.6) is 5.75 Å². The van der Waals surface area contributed by atoms with Gasteiger partial charge in [-0.25, -0.2) is 4.39 Å². The van der Waals surface area contributed by atoms with Gasteiger partial charge in [-0.05, 0) is 62.4 Å². The lowest BCUT2D eigenvalue weighted by Gasteiger charge is -2.40. The van der Waals surface area contributed by atoms with Gasteiger partial charge < -0.3 is 14.5 Å². The molecule has 1 aliphatic heterocycles. The molecule has 5 rings (SSSR count). The Morgan fingerprint density at radius 1 is 1.02 bits per heavy atom. The average Bonchev–Trinajstić information content (AvgIpc) is 3.40. The van der Waals surface area contributed by atoms with Crippen LogP contribution in [0.15, 0.2) is 78.0 Å². The number of piperazine rings is 1. The summed E-state index contributed by atoms with van der Waals surface area (Å²) in [6.07, 6.45) is 0. The van der Waals surface area contributed by atoms with Crippen LogP contribution in [-0.2, 0) is 4.79 Å². The van der Waals surface area contributed by atoms with Crippen LogP contribution in [0.1, 0.15) is 22.8 Å². The van der Waals surface area contributed by atoms with E-state index < -0.39 is 0 Å². The van der Waals surface area contributed by atoms with E-state index in [4.69, 9.17) is 4.74 Å². The van der Waals surface area contributed by atoms with Crippen LogP contribution in [0.2, 0.25) is 0 Å². The first-order valence-electron chi connectivity index (χ1n) is 13.0. The van der Waals surface area contributed by atoms with E-state index in [1.165, 1.54) is 36.0 Å². The Labute approximate surface area is 236 Å². The Morgan fingerprint density at radius 3 is 2.48 bits per heavy atom. The molecule has 1 unspecified atom stereocenters. The van der Waals surface area contributed by atoms with Gasteiger partial charge in [0.05, 0.1) is 12.9 Å². The van der Waals surface area contributed by atoms with Gasteiger partial charge in [0, 0.05) is 42.5 Å². The monoisotopic (exact) mass is 559 g/mol. The highest BCUT2D eigenvalue weighted by molar-refractivity contribution is 7.99. The SMILES string of the molecule is COc1cccc(-c2nnc(SCC(=O)N3CCN(C(=O)c4ccc(F)cc4)C(C)C3)n2-c2ccc(C)cc2)c1. The van der Waals surface area contributed by atoms with Gasteiger partial charge in [-0.2, -0.15) is 0 Å². The summed E-state index contributed by atoms with van der Waals surface area (Å²) in [5.74, 6) is 0.968. The fraction of sp³-hybridized carbons (Fsp3) is 0.267. The second-order valence-electron chi connectivity index (χ2n) is 9.69. The number of carbonyl (C=O) groups excluding carboxylic acids is 2. The van der Waals surface area contributed by atoms with E-state index in [2.05, 4.69) is 10.2 Å². The Kier molecular flexibility index (Phi) is 8.16. The third kappa shape index (κ3) is 5.86. The number of thioether (sulfide) groups is 1. The van der Waals surface area contributed by atoms with Crippen molar-refractivity contribution in [3.8, 4) is 22.8 Å². The highest BCUT2D eigenvalue weighted by Gasteiger charge is 2.30. The van der Waals surface area contributed by atoms with Crippen LogP contribution in [0.4, 0.5) is 4.39 Å². The van der Waals surface area contributed by atoms with Gasteiger partial charge in [-0.3, -0.25) is 14.2 Å². The van der Waals surface area contributed by atoms with Crippen LogP contribution < -0.4 is 4.74 Å². The largest absolute Gasteiger partial charge is 0.497 e. The van der Waals surface area contributed by atoms with Gasteiger partial charge in [0.2, 0.25) is 5.91 Å². The first-order valence-corrected chi connectivity index (χ1v) is 14.0. The molecule has 2 heterocycles. The van der Waals surface area contributed by atoms with Gasteiger partial charge in [0.25, 0.3) is 5.91 Å². The summed E-state index contributed by atoms with van der Waals surface area (Å²) in [4.78, 5) is 29.7. The van der Waals surface area contributed by atoms with E-state index in [0.717, 1.165) is 16.8 Å². The zero-order valence-corrected chi connectivity index (χ0v) is 23.4. The number of nitrogens with zero attached hydrogens (tertiary/aromatic N) is 5. The molecule has 2 amide bonds. The molecule has 0 bridgehead atoms. The topological polar surface area (TPSA) is 80.6 Å². The molecule has 1 fully saturated rings. The number of aryl methyl sites for hydroxylation is 1. The van der Waals surface area contributed by atoms with E-state index in [1.54, 1.807) is 16.9 Å². The summed E-state index contributed by atoms with van der Waals surface area (Å²) in [6.45, 7) is 5.21. The number of benzene rings is 3. The molecule has 0 N–H and O–H groups in total. The maximum atomic E-state index is 13.3. The summed E-state index contributed by atoms with van der Waals surface area (Å²) in [7, 11) is 1.62. The van der Waals surface area contributed by atoms with Crippen molar-refractivity contribution in [1.29, 1.82) is 0 Å². The van der Waals surface area contributed by atoms with Crippen LogP contribution in [0, 0.1) is 12.7 Å². The molecule has 0 saturated carbocycles. The fourth-order valence-corrected chi connectivity index (χ4v) is 5.56. The normalized spacial score (nSPS) is 15.2. The Balaban J connectivity index is 1.30. The van der Waals surface area contributed by atoms with Crippen molar-refractivity contribution in [3.63, 3.8) is 0 Å². The number of hydrogen-bond acceptors (Lipinski definition) is 6. The first kappa shape index (κ1) is 27.4. The van der Waals surface area contributed by atoms with Gasteiger partial charge in [-0.1, -0.05) is 41.6 Å². The Bertz CT molecular complexity index is 1510. The molecule has 0 aliphatic carbocycles. The molecular weight excluding hydrogens is 529 g/mol. The second kappa shape index (κ2) is 11.9. The lowest BCUT2D eigenvalue weighted by atomic mass is 10.1. The van der Waals surface area contributed by atoms with Crippen molar-refractivity contribution in [2.24, 2.45) is 0 Å². The number of ether oxygens (including phenoxy) is 1. The molecular formula is C30H30FN5O3S. The molecule has 1 atom stereocenters. The highest BCUT2D eigenvalue weighted by Crippen LogP contribution is 2.30. The number of halogens is 1. The predicted octanol–water partition coefficient (Wildman–Crippen LogP) is 4.86. The molecule has 1 aromatic heterocycles. The van der Waals surface area contributed by atoms with Crippen molar-refractivity contribution in [3.05, 3.63) is 89.7 Å². The third-order valence-corrected chi connectivity index (χ3v) is 7.82. The third-order valence-electron chi connectivity index (χ3n) is 6.91. The lowest BCUT2D eigenvalue weighted by Crippen LogP contribution is -2.55. The second-order valence-corrected chi connectivity index (χ2v) is 10.6. The number of aromatic nitrogens is 3. The van der Waals surface area contributed by atoms with E-state index in [-0.39, 0.29) is 29.4 Å². The smallest absolute Gasteiger partial charge is 0.254 e. The van der Waals surface area contributed by atoms with Crippen LogP contribution >= 0.6 is 11.8 Å². The zero-order chi connectivity index (χ0) is 28.2. The highest BCUT2D eigenvalue weighted by atomic mass is 32.2. The molecule has 0 spiro atoms. The summed E-state index contributed by atoms with van der Waals surface area (Å²) >= 11 is 1.33. The van der Waals surface area contributed by atoms with Gasteiger partial charge in [0.1, 0.15) is 11.6 Å². The van der Waals surface area contributed by atoms with Gasteiger partial charge in [0.15, 0.2) is 11.0 Å². The molecule has 10 heteroatoms. The number of amides is 2. The number of carbonyl (C=O) groups is 2.